The van der Waals surface area contributed by atoms with E-state index < -0.39 is 6.10 Å². The summed E-state index contributed by atoms with van der Waals surface area (Å²) in [5.74, 6) is -1.03. The summed E-state index contributed by atoms with van der Waals surface area (Å²) in [6, 6.07) is 0. The van der Waals surface area contributed by atoms with E-state index in [2.05, 4.69) is 81.5 Å². The Balaban J connectivity index is 4.56. The molecule has 0 bridgehead atoms. The van der Waals surface area contributed by atoms with Crippen molar-refractivity contribution in [3.8, 4) is 0 Å². The van der Waals surface area contributed by atoms with Crippen molar-refractivity contribution in [3.63, 3.8) is 0 Å². The van der Waals surface area contributed by atoms with Gasteiger partial charge in [-0.2, -0.15) is 0 Å². The van der Waals surface area contributed by atoms with Gasteiger partial charge in [0.1, 0.15) is 13.2 Å². The first kappa shape index (κ1) is 56.1. The van der Waals surface area contributed by atoms with Gasteiger partial charge in [-0.05, 0) is 83.5 Å². The van der Waals surface area contributed by atoms with Crippen LogP contribution < -0.4 is 0 Å². The van der Waals surface area contributed by atoms with Crippen LogP contribution in [0.3, 0.4) is 0 Å². The minimum atomic E-state index is -0.822. The molecule has 0 aromatic heterocycles. The van der Waals surface area contributed by atoms with Crippen molar-refractivity contribution in [2.45, 2.75) is 200 Å². The molecule has 0 amide bonds. The summed E-state index contributed by atoms with van der Waals surface area (Å²) in [6.45, 7) is 6.32. The fourth-order valence-electron chi connectivity index (χ4n) is 6.02. The summed E-state index contributed by atoms with van der Waals surface area (Å²) in [6.07, 6.45) is 63.6. The molecule has 0 rings (SSSR count). The maximum Gasteiger partial charge on any atom is 0.306 e. The monoisotopic (exact) mass is 831 g/mol. The van der Waals surface area contributed by atoms with Crippen molar-refractivity contribution in [2.24, 2.45) is 0 Å². The van der Waals surface area contributed by atoms with E-state index in [1.54, 1.807) is 0 Å². The van der Waals surface area contributed by atoms with E-state index in [4.69, 9.17) is 14.2 Å². The van der Waals surface area contributed by atoms with E-state index >= 15 is 0 Å². The summed E-state index contributed by atoms with van der Waals surface area (Å²) in [7, 11) is 0. The molecule has 0 aromatic rings. The van der Waals surface area contributed by atoms with E-state index in [0.717, 1.165) is 89.9 Å². The number of allylic oxidation sites excluding steroid dienone is 18. The molecule has 0 saturated heterocycles. The summed E-state index contributed by atoms with van der Waals surface area (Å²) < 4.78 is 16.6. The Morgan fingerprint density at radius 2 is 0.667 bits per heavy atom. The lowest BCUT2D eigenvalue weighted by Crippen LogP contribution is -2.30. The third kappa shape index (κ3) is 45.2. The molecule has 0 N–H and O–H groups in total. The molecule has 1 atom stereocenters. The Kier molecular flexibility index (Phi) is 44.6. The Bertz CT molecular complexity index is 1280. The van der Waals surface area contributed by atoms with Crippen molar-refractivity contribution in [2.75, 3.05) is 13.2 Å². The van der Waals surface area contributed by atoms with Gasteiger partial charge in [-0.3, -0.25) is 14.4 Å². The van der Waals surface area contributed by atoms with Crippen LogP contribution in [0.2, 0.25) is 0 Å². The normalized spacial score (nSPS) is 13.1. The van der Waals surface area contributed by atoms with E-state index in [1.807, 2.05) is 48.6 Å². The first-order valence-electron chi connectivity index (χ1n) is 24.0. The Labute approximate surface area is 368 Å². The van der Waals surface area contributed by atoms with Crippen LogP contribution in [0.4, 0.5) is 0 Å². The number of hydrogen-bond donors (Lipinski definition) is 0. The molecule has 1 unspecified atom stereocenters. The molecule has 0 saturated carbocycles. The molecular formula is C54H86O6. The number of carbonyl (C=O) groups excluding carboxylic acids is 3. The fraction of sp³-hybridized carbons (Fsp3) is 0.611. The molecule has 6 nitrogen and oxygen atoms in total. The summed E-state index contributed by atoms with van der Waals surface area (Å²) in [5, 5.41) is 0. The van der Waals surface area contributed by atoms with Crippen LogP contribution >= 0.6 is 0 Å². The minimum Gasteiger partial charge on any atom is -0.462 e. The largest absolute Gasteiger partial charge is 0.462 e. The molecule has 0 aromatic carbocycles. The Morgan fingerprint density at radius 3 is 1.08 bits per heavy atom. The third-order valence-corrected chi connectivity index (χ3v) is 9.66. The van der Waals surface area contributed by atoms with E-state index in [9.17, 15) is 14.4 Å². The average Bonchev–Trinajstić information content (AvgIpc) is 3.24. The highest BCUT2D eigenvalue weighted by atomic mass is 16.6. The molecule has 0 aliphatic rings. The predicted molar refractivity (Wildman–Crippen MR) is 256 cm³/mol. The summed E-state index contributed by atoms with van der Waals surface area (Å²) in [4.78, 5) is 37.8. The van der Waals surface area contributed by atoms with Gasteiger partial charge in [-0.15, -0.1) is 0 Å². The zero-order chi connectivity index (χ0) is 43.7. The van der Waals surface area contributed by atoms with Gasteiger partial charge in [0.25, 0.3) is 0 Å². The molecular weight excluding hydrogens is 745 g/mol. The second kappa shape index (κ2) is 47.7. The number of rotatable bonds is 41. The van der Waals surface area contributed by atoms with Crippen LogP contribution in [0.15, 0.2) is 109 Å². The van der Waals surface area contributed by atoms with Crippen LogP contribution in [-0.4, -0.2) is 37.2 Å². The highest BCUT2D eigenvalue weighted by molar-refractivity contribution is 5.71. The lowest BCUT2D eigenvalue weighted by atomic mass is 10.1. The van der Waals surface area contributed by atoms with Crippen LogP contribution in [0, 0.1) is 0 Å². The molecule has 0 spiro atoms. The van der Waals surface area contributed by atoms with Gasteiger partial charge in [0.15, 0.2) is 6.10 Å². The van der Waals surface area contributed by atoms with Crippen LogP contribution in [-0.2, 0) is 28.6 Å². The van der Waals surface area contributed by atoms with Crippen LogP contribution in [0.5, 0.6) is 0 Å². The second-order valence-electron chi connectivity index (χ2n) is 15.5. The number of unbranched alkanes of at least 4 members (excludes halogenated alkanes) is 18. The Hall–Kier alpha value is -3.93. The van der Waals surface area contributed by atoms with Crippen LogP contribution in [0.25, 0.3) is 0 Å². The predicted octanol–water partition coefficient (Wildman–Crippen LogP) is 15.6. The summed E-state index contributed by atoms with van der Waals surface area (Å²) in [5.41, 5.74) is 0. The fourth-order valence-corrected chi connectivity index (χ4v) is 6.02. The van der Waals surface area contributed by atoms with E-state index in [0.29, 0.717) is 19.3 Å². The first-order chi connectivity index (χ1) is 29.5. The van der Waals surface area contributed by atoms with Gasteiger partial charge in [-0.1, -0.05) is 201 Å². The van der Waals surface area contributed by atoms with Crippen molar-refractivity contribution in [1.29, 1.82) is 0 Å². The lowest BCUT2D eigenvalue weighted by Gasteiger charge is -2.18. The van der Waals surface area contributed by atoms with Gasteiger partial charge >= 0.3 is 17.9 Å². The van der Waals surface area contributed by atoms with Crippen molar-refractivity contribution in [1.82, 2.24) is 0 Å². The van der Waals surface area contributed by atoms with E-state index in [-0.39, 0.29) is 37.5 Å². The molecule has 338 valence electrons. The smallest absolute Gasteiger partial charge is 0.306 e. The zero-order valence-corrected chi connectivity index (χ0v) is 38.4. The molecule has 0 radical (unpaired) electrons. The molecule has 0 heterocycles. The summed E-state index contributed by atoms with van der Waals surface area (Å²) >= 11 is 0. The SMILES string of the molecule is CC\C=C/C=C\C=C/C=C\C=C/CCCCCC(=O)OC(COC(=O)CCCCC/C=C\C=C/CCCC)COC(=O)CCCCC/C=C\C=C/CCCCCCCCC. The van der Waals surface area contributed by atoms with E-state index in [1.165, 1.54) is 57.8 Å². The highest BCUT2D eigenvalue weighted by Gasteiger charge is 2.19. The number of esters is 3. The Morgan fingerprint density at radius 1 is 0.350 bits per heavy atom. The minimum absolute atomic E-state index is 0.120. The van der Waals surface area contributed by atoms with Crippen LogP contribution in [0.1, 0.15) is 194 Å². The topological polar surface area (TPSA) is 78.9 Å². The highest BCUT2D eigenvalue weighted by Crippen LogP contribution is 2.12. The number of ether oxygens (including phenoxy) is 3. The van der Waals surface area contributed by atoms with Gasteiger partial charge in [0.05, 0.1) is 0 Å². The van der Waals surface area contributed by atoms with Gasteiger partial charge in [0.2, 0.25) is 0 Å². The molecule has 0 aliphatic carbocycles. The maximum absolute atomic E-state index is 12.7. The molecule has 6 heteroatoms. The molecule has 0 fully saturated rings. The quantitative estimate of drug-likeness (QED) is 0.0264. The van der Waals surface area contributed by atoms with Crippen molar-refractivity contribution in [3.05, 3.63) is 109 Å². The third-order valence-electron chi connectivity index (χ3n) is 9.66. The number of carbonyl (C=O) groups is 3. The first-order valence-corrected chi connectivity index (χ1v) is 24.0. The molecule has 0 aliphatic heterocycles. The standard InChI is InChI=1S/C54H86O6/c1-4-7-10-13-16-19-22-24-26-28-29-32-35-38-41-44-47-53(56)59-50-51(49-58-52(55)46-43-40-37-34-31-21-18-15-12-9-6-3)60-54(57)48-45-42-39-36-33-30-27-25-23-20-17-14-11-8-5-2/h8,11,14-15,17-18,20-21,23,25-33,51H,4-7,9-10,12-13,16,19,22,24,34-50H2,1-3H3/b11-8-,17-14-,18-15-,23-20-,27-25-,28-26-,31-21-,32-29-,33-30-. The number of hydrogen-bond acceptors (Lipinski definition) is 6. The van der Waals surface area contributed by atoms with Gasteiger partial charge < -0.3 is 14.2 Å². The molecule has 60 heavy (non-hydrogen) atoms. The average molecular weight is 831 g/mol. The maximum atomic E-state index is 12.7. The van der Waals surface area contributed by atoms with Crippen molar-refractivity contribution >= 4 is 17.9 Å². The second-order valence-corrected chi connectivity index (χ2v) is 15.5. The van der Waals surface area contributed by atoms with Gasteiger partial charge in [0, 0.05) is 19.3 Å². The van der Waals surface area contributed by atoms with Gasteiger partial charge in [-0.25, -0.2) is 0 Å². The van der Waals surface area contributed by atoms with Crippen molar-refractivity contribution < 1.29 is 28.6 Å². The zero-order valence-electron chi connectivity index (χ0n) is 38.4. The lowest BCUT2D eigenvalue weighted by molar-refractivity contribution is -0.167.